The van der Waals surface area contributed by atoms with E-state index in [0.717, 1.165) is 0 Å². The van der Waals surface area contributed by atoms with Gasteiger partial charge in [-0.25, -0.2) is 0 Å². The third-order valence-corrected chi connectivity index (χ3v) is 3.01. The molecule has 4 nitrogen and oxygen atoms in total. The van der Waals surface area contributed by atoms with E-state index in [4.69, 9.17) is 4.74 Å². The summed E-state index contributed by atoms with van der Waals surface area (Å²) < 4.78 is 4.84. The SMILES string of the molecule is COCC(O)CN(C)C(=O)c1ccc(C(C)C)cc1. The lowest BCUT2D eigenvalue weighted by Crippen LogP contribution is -2.36. The first-order valence-electron chi connectivity index (χ1n) is 6.48. The number of aliphatic hydroxyl groups excluding tert-OH is 1. The molecule has 1 amide bonds. The third kappa shape index (κ3) is 4.65. The third-order valence-electron chi connectivity index (χ3n) is 3.01. The molecule has 0 saturated heterocycles. The Labute approximate surface area is 115 Å². The quantitative estimate of drug-likeness (QED) is 0.854. The molecule has 106 valence electrons. The monoisotopic (exact) mass is 265 g/mol. The van der Waals surface area contributed by atoms with Crippen LogP contribution in [0.15, 0.2) is 24.3 Å². The number of amides is 1. The molecule has 0 aliphatic carbocycles. The van der Waals surface area contributed by atoms with Crippen molar-refractivity contribution < 1.29 is 14.6 Å². The van der Waals surface area contributed by atoms with E-state index in [1.54, 1.807) is 7.05 Å². The van der Waals surface area contributed by atoms with Crippen LogP contribution in [0.2, 0.25) is 0 Å². The first-order valence-corrected chi connectivity index (χ1v) is 6.48. The highest BCUT2D eigenvalue weighted by molar-refractivity contribution is 5.94. The molecule has 1 atom stereocenters. The van der Waals surface area contributed by atoms with Gasteiger partial charge in [0.15, 0.2) is 0 Å². The van der Waals surface area contributed by atoms with Gasteiger partial charge < -0.3 is 14.7 Å². The summed E-state index contributed by atoms with van der Waals surface area (Å²) in [6.45, 7) is 4.72. The topological polar surface area (TPSA) is 49.8 Å². The van der Waals surface area contributed by atoms with E-state index in [0.29, 0.717) is 11.5 Å². The Balaban J connectivity index is 2.66. The van der Waals surface area contributed by atoms with Crippen molar-refractivity contribution in [2.24, 2.45) is 0 Å². The summed E-state index contributed by atoms with van der Waals surface area (Å²) in [6, 6.07) is 7.60. The molecular weight excluding hydrogens is 242 g/mol. The van der Waals surface area contributed by atoms with Gasteiger partial charge in [-0.3, -0.25) is 4.79 Å². The smallest absolute Gasteiger partial charge is 0.253 e. The summed E-state index contributed by atoms with van der Waals surface area (Å²) in [5.74, 6) is 0.357. The first kappa shape index (κ1) is 15.7. The van der Waals surface area contributed by atoms with Crippen LogP contribution < -0.4 is 0 Å². The van der Waals surface area contributed by atoms with Gasteiger partial charge in [0.2, 0.25) is 0 Å². The van der Waals surface area contributed by atoms with Crippen molar-refractivity contribution in [2.75, 3.05) is 27.3 Å². The molecule has 0 aliphatic rings. The summed E-state index contributed by atoms with van der Waals surface area (Å²) in [4.78, 5) is 13.6. The zero-order valence-corrected chi connectivity index (χ0v) is 12.1. The number of hydrogen-bond acceptors (Lipinski definition) is 3. The molecular formula is C15H23NO3. The van der Waals surface area contributed by atoms with Crippen molar-refractivity contribution in [3.8, 4) is 0 Å². The fourth-order valence-electron chi connectivity index (χ4n) is 1.88. The lowest BCUT2D eigenvalue weighted by molar-refractivity contribution is 0.0380. The average Bonchev–Trinajstić information content (AvgIpc) is 2.38. The summed E-state index contributed by atoms with van der Waals surface area (Å²) in [6.07, 6.45) is -0.658. The van der Waals surface area contributed by atoms with Gasteiger partial charge in [0, 0.05) is 26.3 Å². The molecule has 0 aromatic heterocycles. The van der Waals surface area contributed by atoms with Crippen LogP contribution in [-0.4, -0.2) is 49.3 Å². The van der Waals surface area contributed by atoms with Crippen molar-refractivity contribution in [1.82, 2.24) is 4.90 Å². The molecule has 0 bridgehead atoms. The molecule has 1 aromatic carbocycles. The van der Waals surface area contributed by atoms with Crippen LogP contribution in [-0.2, 0) is 4.74 Å². The lowest BCUT2D eigenvalue weighted by Gasteiger charge is -2.20. The van der Waals surface area contributed by atoms with Crippen LogP contribution >= 0.6 is 0 Å². The van der Waals surface area contributed by atoms with Crippen LogP contribution in [0.4, 0.5) is 0 Å². The number of methoxy groups -OCH3 is 1. The highest BCUT2D eigenvalue weighted by atomic mass is 16.5. The van der Waals surface area contributed by atoms with Gasteiger partial charge in [0.25, 0.3) is 5.91 Å². The number of aliphatic hydroxyl groups is 1. The average molecular weight is 265 g/mol. The molecule has 1 aromatic rings. The molecule has 0 fully saturated rings. The van der Waals surface area contributed by atoms with Crippen molar-refractivity contribution in [3.63, 3.8) is 0 Å². The van der Waals surface area contributed by atoms with E-state index < -0.39 is 6.10 Å². The molecule has 4 heteroatoms. The van der Waals surface area contributed by atoms with Gasteiger partial charge in [-0.1, -0.05) is 26.0 Å². The zero-order chi connectivity index (χ0) is 14.4. The maximum absolute atomic E-state index is 12.1. The Hall–Kier alpha value is -1.39. The van der Waals surface area contributed by atoms with Crippen molar-refractivity contribution in [2.45, 2.75) is 25.9 Å². The van der Waals surface area contributed by atoms with Gasteiger partial charge >= 0.3 is 0 Å². The van der Waals surface area contributed by atoms with Crippen LogP contribution in [0.3, 0.4) is 0 Å². The number of benzene rings is 1. The normalized spacial score (nSPS) is 12.5. The first-order chi connectivity index (χ1) is 8.95. The van der Waals surface area contributed by atoms with Crippen molar-refractivity contribution in [3.05, 3.63) is 35.4 Å². The van der Waals surface area contributed by atoms with Gasteiger partial charge in [-0.05, 0) is 23.6 Å². The van der Waals surface area contributed by atoms with E-state index in [2.05, 4.69) is 13.8 Å². The van der Waals surface area contributed by atoms with Gasteiger partial charge in [0.1, 0.15) is 0 Å². The Bertz CT molecular complexity index is 400. The predicted octanol–water partition coefficient (Wildman–Crippen LogP) is 1.89. The number of rotatable bonds is 6. The van der Waals surface area contributed by atoms with Crippen molar-refractivity contribution >= 4 is 5.91 Å². The van der Waals surface area contributed by atoms with Crippen LogP contribution in [0, 0.1) is 0 Å². The largest absolute Gasteiger partial charge is 0.389 e. The lowest BCUT2D eigenvalue weighted by atomic mass is 10.0. The highest BCUT2D eigenvalue weighted by Crippen LogP contribution is 2.15. The summed E-state index contributed by atoms with van der Waals surface area (Å²) in [7, 11) is 3.20. The van der Waals surface area contributed by atoms with Crippen LogP contribution in [0.5, 0.6) is 0 Å². The highest BCUT2D eigenvalue weighted by Gasteiger charge is 2.15. The number of likely N-dealkylation sites (N-methyl/N-ethyl adjacent to an activating group) is 1. The predicted molar refractivity (Wildman–Crippen MR) is 75.4 cm³/mol. The standard InChI is InChI=1S/C15H23NO3/c1-11(2)12-5-7-13(8-6-12)15(18)16(3)9-14(17)10-19-4/h5-8,11,14,17H,9-10H2,1-4H3. The Morgan fingerprint density at radius 2 is 1.89 bits per heavy atom. The summed E-state index contributed by atoms with van der Waals surface area (Å²) >= 11 is 0. The van der Waals surface area contributed by atoms with Crippen molar-refractivity contribution in [1.29, 1.82) is 0 Å². The van der Waals surface area contributed by atoms with E-state index in [-0.39, 0.29) is 19.1 Å². The Kier molecular flexibility index (Phi) is 5.99. The number of nitrogens with zero attached hydrogens (tertiary/aromatic N) is 1. The van der Waals surface area contributed by atoms with Crippen LogP contribution in [0.1, 0.15) is 35.7 Å². The Morgan fingerprint density at radius 3 is 2.37 bits per heavy atom. The molecule has 0 heterocycles. The fraction of sp³-hybridized carbons (Fsp3) is 0.533. The molecule has 1 rings (SSSR count). The summed E-state index contributed by atoms with van der Waals surface area (Å²) in [5, 5.41) is 9.61. The van der Waals surface area contributed by atoms with Gasteiger partial charge in [-0.2, -0.15) is 0 Å². The molecule has 0 saturated carbocycles. The molecule has 0 radical (unpaired) electrons. The second kappa shape index (κ2) is 7.26. The number of carbonyl (C=O) groups is 1. The number of ether oxygens (including phenoxy) is 1. The van der Waals surface area contributed by atoms with E-state index in [1.165, 1.54) is 17.6 Å². The maximum atomic E-state index is 12.1. The van der Waals surface area contributed by atoms with Gasteiger partial charge in [-0.15, -0.1) is 0 Å². The molecule has 1 N–H and O–H groups in total. The molecule has 0 aliphatic heterocycles. The fourth-order valence-corrected chi connectivity index (χ4v) is 1.88. The van der Waals surface area contributed by atoms with E-state index in [9.17, 15) is 9.90 Å². The minimum absolute atomic E-state index is 0.0922. The minimum Gasteiger partial charge on any atom is -0.389 e. The van der Waals surface area contributed by atoms with E-state index in [1.807, 2.05) is 24.3 Å². The molecule has 0 spiro atoms. The molecule has 19 heavy (non-hydrogen) atoms. The minimum atomic E-state index is -0.658. The van der Waals surface area contributed by atoms with Crippen LogP contribution in [0.25, 0.3) is 0 Å². The second-order valence-corrected chi connectivity index (χ2v) is 5.07. The Morgan fingerprint density at radius 1 is 1.32 bits per heavy atom. The second-order valence-electron chi connectivity index (χ2n) is 5.07. The molecule has 1 unspecified atom stereocenters. The number of hydrogen-bond donors (Lipinski definition) is 1. The van der Waals surface area contributed by atoms with Gasteiger partial charge in [0.05, 0.1) is 12.7 Å². The maximum Gasteiger partial charge on any atom is 0.253 e. The van der Waals surface area contributed by atoms with E-state index >= 15 is 0 Å². The zero-order valence-electron chi connectivity index (χ0n) is 12.1. The summed E-state index contributed by atoms with van der Waals surface area (Å²) in [5.41, 5.74) is 1.84. The number of carbonyl (C=O) groups excluding carboxylic acids is 1.